The molecule has 2 aromatic carbocycles. The van der Waals surface area contributed by atoms with Gasteiger partial charge in [-0.05, 0) is 67.0 Å². The summed E-state index contributed by atoms with van der Waals surface area (Å²) in [6.07, 6.45) is 2.44. The zero-order valence-corrected chi connectivity index (χ0v) is 17.7. The van der Waals surface area contributed by atoms with Gasteiger partial charge in [0.05, 0.1) is 13.2 Å². The van der Waals surface area contributed by atoms with Crippen LogP contribution < -0.4 is 15.0 Å². The van der Waals surface area contributed by atoms with Crippen molar-refractivity contribution < 1.29 is 9.47 Å². The zero-order chi connectivity index (χ0) is 19.9. The minimum Gasteiger partial charge on any atom is -0.497 e. The molecule has 1 aliphatic rings. The number of hydrogen-bond acceptors (Lipinski definition) is 4. The van der Waals surface area contributed by atoms with Crippen LogP contribution in [0.2, 0.25) is 0 Å². The average Bonchev–Trinajstić information content (AvgIpc) is 3.21. The number of nitrogens with zero attached hydrogens (tertiary/aromatic N) is 2. The molecule has 0 aromatic heterocycles. The van der Waals surface area contributed by atoms with E-state index in [4.69, 9.17) is 21.7 Å². The number of methoxy groups -OCH3 is 1. The number of rotatable bonds is 7. The predicted octanol–water partition coefficient (Wildman–Crippen LogP) is 4.14. The Morgan fingerprint density at radius 3 is 2.43 bits per heavy atom. The maximum Gasteiger partial charge on any atom is 0.173 e. The topological polar surface area (TPSA) is 37.0 Å². The zero-order valence-electron chi connectivity index (χ0n) is 16.9. The molecule has 1 heterocycles. The van der Waals surface area contributed by atoms with Crippen LogP contribution in [0, 0.1) is 0 Å². The molecular formula is C22H29N3O2S. The lowest BCUT2D eigenvalue weighted by Crippen LogP contribution is -2.39. The first-order valence-electron chi connectivity index (χ1n) is 9.63. The van der Waals surface area contributed by atoms with Gasteiger partial charge in [-0.3, -0.25) is 0 Å². The first-order chi connectivity index (χ1) is 13.5. The highest BCUT2D eigenvalue weighted by atomic mass is 32.1. The molecule has 1 N–H and O–H groups in total. The summed E-state index contributed by atoms with van der Waals surface area (Å²) in [7, 11) is 5.76. The second-order valence-corrected chi connectivity index (χ2v) is 7.62. The van der Waals surface area contributed by atoms with Crippen molar-refractivity contribution >= 4 is 28.7 Å². The van der Waals surface area contributed by atoms with E-state index < -0.39 is 0 Å². The molecule has 1 aliphatic heterocycles. The van der Waals surface area contributed by atoms with Crippen LogP contribution in [0.5, 0.6) is 5.75 Å². The molecule has 0 aliphatic carbocycles. The van der Waals surface area contributed by atoms with Crippen molar-refractivity contribution in [1.29, 1.82) is 0 Å². The van der Waals surface area contributed by atoms with E-state index in [0.29, 0.717) is 5.11 Å². The quantitative estimate of drug-likeness (QED) is 0.706. The minimum absolute atomic E-state index is 0.233. The lowest BCUT2D eigenvalue weighted by Gasteiger charge is -2.28. The van der Waals surface area contributed by atoms with Gasteiger partial charge in [0, 0.05) is 45.2 Å². The molecular weight excluding hydrogens is 370 g/mol. The Balaban J connectivity index is 1.70. The molecule has 0 bridgehead atoms. The van der Waals surface area contributed by atoms with E-state index in [1.165, 1.54) is 11.3 Å². The molecule has 6 heteroatoms. The SMILES string of the molecule is COc1ccc(NC(=S)N(Cc2ccc(N(C)C)cc2)C[C@H]2CCCO2)cc1. The molecule has 150 valence electrons. The number of anilines is 2. The first kappa shape index (κ1) is 20.4. The number of hydrogen-bond donors (Lipinski definition) is 1. The Morgan fingerprint density at radius 1 is 1.14 bits per heavy atom. The van der Waals surface area contributed by atoms with Crippen molar-refractivity contribution in [1.82, 2.24) is 4.90 Å². The molecule has 0 unspecified atom stereocenters. The number of benzene rings is 2. The maximum atomic E-state index is 5.85. The second kappa shape index (κ2) is 9.75. The van der Waals surface area contributed by atoms with E-state index in [-0.39, 0.29) is 6.10 Å². The fourth-order valence-electron chi connectivity index (χ4n) is 3.25. The van der Waals surface area contributed by atoms with Crippen molar-refractivity contribution in [2.24, 2.45) is 0 Å². The van der Waals surface area contributed by atoms with Crippen molar-refractivity contribution in [2.75, 3.05) is 44.6 Å². The van der Waals surface area contributed by atoms with Crippen LogP contribution in [0.25, 0.3) is 0 Å². The fraction of sp³-hybridized carbons (Fsp3) is 0.409. The van der Waals surface area contributed by atoms with Crippen LogP contribution in [0.15, 0.2) is 48.5 Å². The van der Waals surface area contributed by atoms with E-state index in [2.05, 4.69) is 39.4 Å². The number of nitrogens with one attached hydrogen (secondary N) is 1. The summed E-state index contributed by atoms with van der Waals surface area (Å²) in [5.74, 6) is 0.827. The van der Waals surface area contributed by atoms with E-state index in [1.807, 2.05) is 38.4 Å². The highest BCUT2D eigenvalue weighted by Crippen LogP contribution is 2.20. The summed E-state index contributed by atoms with van der Waals surface area (Å²) >= 11 is 5.74. The summed E-state index contributed by atoms with van der Waals surface area (Å²) in [5.41, 5.74) is 3.36. The van der Waals surface area contributed by atoms with Gasteiger partial charge in [-0.2, -0.15) is 0 Å². The van der Waals surface area contributed by atoms with E-state index in [1.54, 1.807) is 7.11 Å². The molecule has 2 aromatic rings. The van der Waals surface area contributed by atoms with Gasteiger partial charge in [0.2, 0.25) is 0 Å². The van der Waals surface area contributed by atoms with Crippen molar-refractivity contribution in [2.45, 2.75) is 25.5 Å². The molecule has 0 radical (unpaired) electrons. The van der Waals surface area contributed by atoms with Gasteiger partial charge >= 0.3 is 0 Å². The molecule has 0 saturated carbocycles. The second-order valence-electron chi connectivity index (χ2n) is 7.24. The van der Waals surface area contributed by atoms with Crippen molar-refractivity contribution in [3.63, 3.8) is 0 Å². The Morgan fingerprint density at radius 2 is 1.86 bits per heavy atom. The molecule has 3 rings (SSSR count). The molecule has 5 nitrogen and oxygen atoms in total. The van der Waals surface area contributed by atoms with E-state index in [9.17, 15) is 0 Å². The van der Waals surface area contributed by atoms with Gasteiger partial charge in [-0.15, -0.1) is 0 Å². The third kappa shape index (κ3) is 5.59. The highest BCUT2D eigenvalue weighted by Gasteiger charge is 2.21. The fourth-order valence-corrected chi connectivity index (χ4v) is 3.51. The Bertz CT molecular complexity index is 756. The summed E-state index contributed by atoms with van der Waals surface area (Å²) in [6, 6.07) is 16.4. The Labute approximate surface area is 173 Å². The molecule has 28 heavy (non-hydrogen) atoms. The van der Waals surface area contributed by atoms with Crippen LogP contribution in [0.1, 0.15) is 18.4 Å². The maximum absolute atomic E-state index is 5.85. The molecule has 1 fully saturated rings. The molecule has 0 spiro atoms. The third-order valence-corrected chi connectivity index (χ3v) is 5.26. The highest BCUT2D eigenvalue weighted by molar-refractivity contribution is 7.80. The van der Waals surface area contributed by atoms with E-state index in [0.717, 1.165) is 44.0 Å². The molecule has 1 atom stereocenters. The summed E-state index contributed by atoms with van der Waals surface area (Å²) < 4.78 is 11.1. The van der Waals surface area contributed by atoms with Crippen LogP contribution in [0.3, 0.4) is 0 Å². The van der Waals surface area contributed by atoms with Crippen LogP contribution in [0.4, 0.5) is 11.4 Å². The predicted molar refractivity (Wildman–Crippen MR) is 119 cm³/mol. The van der Waals surface area contributed by atoms with E-state index >= 15 is 0 Å². The van der Waals surface area contributed by atoms with Gasteiger partial charge < -0.3 is 24.6 Å². The average molecular weight is 400 g/mol. The van der Waals surface area contributed by atoms with Gasteiger partial charge in [-0.25, -0.2) is 0 Å². The van der Waals surface area contributed by atoms with Crippen LogP contribution >= 0.6 is 12.2 Å². The standard InChI is InChI=1S/C22H29N3O2S/c1-24(2)19-10-6-17(7-11-19)15-25(16-21-5-4-14-27-21)22(28)23-18-8-12-20(26-3)13-9-18/h6-13,21H,4-5,14-16H2,1-3H3,(H,23,28)/t21-/m1/s1. The summed E-state index contributed by atoms with van der Waals surface area (Å²) in [5, 5.41) is 4.06. The summed E-state index contributed by atoms with van der Waals surface area (Å²) in [6.45, 7) is 2.38. The van der Waals surface area contributed by atoms with Crippen molar-refractivity contribution in [3.05, 3.63) is 54.1 Å². The Kier molecular flexibility index (Phi) is 7.12. The third-order valence-electron chi connectivity index (χ3n) is 4.90. The van der Waals surface area contributed by atoms with Crippen LogP contribution in [-0.4, -0.2) is 50.5 Å². The van der Waals surface area contributed by atoms with Crippen LogP contribution in [-0.2, 0) is 11.3 Å². The first-order valence-corrected chi connectivity index (χ1v) is 10.0. The van der Waals surface area contributed by atoms with Gasteiger partial charge in [0.1, 0.15) is 5.75 Å². The van der Waals surface area contributed by atoms with Crippen molar-refractivity contribution in [3.8, 4) is 5.75 Å². The van der Waals surface area contributed by atoms with Gasteiger partial charge in [-0.1, -0.05) is 12.1 Å². The largest absolute Gasteiger partial charge is 0.497 e. The smallest absolute Gasteiger partial charge is 0.173 e. The van der Waals surface area contributed by atoms with Gasteiger partial charge in [0.15, 0.2) is 5.11 Å². The lowest BCUT2D eigenvalue weighted by atomic mass is 10.1. The monoisotopic (exact) mass is 399 g/mol. The Hall–Kier alpha value is -2.31. The number of thiocarbonyl (C=S) groups is 1. The lowest BCUT2D eigenvalue weighted by molar-refractivity contribution is 0.0905. The number of ether oxygens (including phenoxy) is 2. The summed E-state index contributed by atoms with van der Waals surface area (Å²) in [4.78, 5) is 4.30. The van der Waals surface area contributed by atoms with Gasteiger partial charge in [0.25, 0.3) is 0 Å². The normalized spacial score (nSPS) is 15.9. The minimum atomic E-state index is 0.233. The molecule has 0 amide bonds. The molecule has 1 saturated heterocycles.